The lowest BCUT2D eigenvalue weighted by Crippen LogP contribution is -2.12. The molecule has 0 amide bonds. The first-order valence-electron chi connectivity index (χ1n) is 30.5. The van der Waals surface area contributed by atoms with E-state index in [1.807, 2.05) is 97.1 Å². The van der Waals surface area contributed by atoms with Crippen LogP contribution >= 0.6 is 0 Å². The quantitative estimate of drug-likeness (QED) is 0.0344. The van der Waals surface area contributed by atoms with E-state index in [-0.39, 0.29) is 23.1 Å². The van der Waals surface area contributed by atoms with E-state index in [2.05, 4.69) is 27.7 Å². The van der Waals surface area contributed by atoms with Gasteiger partial charge < -0.3 is 37.3 Å². The molecule has 0 radical (unpaired) electrons. The second kappa shape index (κ2) is 34.5. The maximum absolute atomic E-state index is 13.5. The average molecular weight is 1090 g/mol. The average Bonchev–Trinajstić information content (AvgIpc) is 3.48. The molecule has 2 aromatic heterocycles. The number of hydrogen-bond donors (Lipinski definition) is 0. The summed E-state index contributed by atoms with van der Waals surface area (Å²) >= 11 is 0. The Kier molecular flexibility index (Phi) is 26.3. The molecule has 0 aliphatic heterocycles. The maximum atomic E-state index is 13.5. The van der Waals surface area contributed by atoms with Crippen LogP contribution < -0.4 is 39.3 Å². The third kappa shape index (κ3) is 20.5. The predicted molar refractivity (Wildman–Crippen MR) is 327 cm³/mol. The lowest BCUT2D eigenvalue weighted by atomic mass is 10.1. The first kappa shape index (κ1) is 61.0. The molecule has 7 aromatic rings. The molecule has 0 fully saturated rings. The van der Waals surface area contributed by atoms with Crippen LogP contribution in [-0.2, 0) is 0 Å². The Bertz CT molecular complexity index is 2780. The van der Waals surface area contributed by atoms with Crippen molar-refractivity contribution in [3.05, 3.63) is 142 Å². The summed E-state index contributed by atoms with van der Waals surface area (Å²) in [5, 5.41) is 1.05. The molecule has 0 N–H and O–H groups in total. The molecule has 2 atom stereocenters. The van der Waals surface area contributed by atoms with Crippen molar-refractivity contribution in [2.75, 3.05) is 26.4 Å². The van der Waals surface area contributed by atoms with Gasteiger partial charge in [0.05, 0.1) is 60.5 Å². The molecular formula is C70H90O10. The number of hydrogen-bond acceptors (Lipinski definition) is 10. The van der Waals surface area contributed by atoms with Gasteiger partial charge in [-0.2, -0.15) is 0 Å². The molecule has 10 heteroatoms. The van der Waals surface area contributed by atoms with E-state index >= 15 is 0 Å². The van der Waals surface area contributed by atoms with Crippen LogP contribution in [0.4, 0.5) is 0 Å². The molecule has 2 heterocycles. The standard InChI is InChI=1S/C70H90O10/c1-5-7-9-11-13-15-17-23-44-73-57-36-32-55(33-37-57)65-51-77-67-49-61(40-42-63(67)69(65)71)79-53(3)28-21-19-25-46-75-59-30-27-31-60(48-59)76-47-26-20-22-29-54(4)80-62-41-43-64-68(50-62)78-52-66(70(64)72)56-34-38-58(39-35-56)74-45-24-18-16-14-12-10-8-6-2/h27,30-43,48-54H,5-26,28-29,44-47H2,1-4H3. The van der Waals surface area contributed by atoms with E-state index in [0.717, 1.165) is 98.3 Å². The number of benzene rings is 5. The molecule has 0 aliphatic carbocycles. The molecular weight excluding hydrogens is 1000 g/mol. The van der Waals surface area contributed by atoms with Gasteiger partial charge in [0.2, 0.25) is 0 Å². The lowest BCUT2D eigenvalue weighted by molar-refractivity contribution is 0.204. The molecule has 2 unspecified atom stereocenters. The zero-order valence-electron chi connectivity index (χ0n) is 48.6. The van der Waals surface area contributed by atoms with Crippen LogP contribution in [0.15, 0.2) is 140 Å². The van der Waals surface area contributed by atoms with Crippen LogP contribution in [0.1, 0.15) is 182 Å². The van der Waals surface area contributed by atoms with Crippen molar-refractivity contribution < 1.29 is 37.3 Å². The fraction of sp³-hybridized carbons (Fsp3) is 0.486. The van der Waals surface area contributed by atoms with Crippen LogP contribution in [0.2, 0.25) is 0 Å². The van der Waals surface area contributed by atoms with Gasteiger partial charge in [-0.05, 0) is 150 Å². The molecule has 430 valence electrons. The van der Waals surface area contributed by atoms with Crippen molar-refractivity contribution in [1.82, 2.24) is 0 Å². The van der Waals surface area contributed by atoms with Gasteiger partial charge in [-0.15, -0.1) is 0 Å². The minimum absolute atomic E-state index is 0.00381. The summed E-state index contributed by atoms with van der Waals surface area (Å²) in [4.78, 5) is 27.0. The number of rotatable bonds is 40. The summed E-state index contributed by atoms with van der Waals surface area (Å²) < 4.78 is 48.6. The summed E-state index contributed by atoms with van der Waals surface area (Å²) in [6, 6.07) is 34.2. The lowest BCUT2D eigenvalue weighted by Gasteiger charge is -2.15. The van der Waals surface area contributed by atoms with Crippen molar-refractivity contribution in [2.45, 2.75) is 194 Å². The third-order valence-electron chi connectivity index (χ3n) is 14.9. The van der Waals surface area contributed by atoms with Crippen LogP contribution in [0.3, 0.4) is 0 Å². The summed E-state index contributed by atoms with van der Waals surface area (Å²) in [6.45, 7) is 11.3. The Hall–Kier alpha value is -6.68. The zero-order valence-corrected chi connectivity index (χ0v) is 48.6. The van der Waals surface area contributed by atoms with Crippen LogP contribution in [0.25, 0.3) is 44.2 Å². The van der Waals surface area contributed by atoms with Gasteiger partial charge in [0.15, 0.2) is 10.9 Å². The Morgan fingerprint density at radius 2 is 0.700 bits per heavy atom. The molecule has 0 saturated heterocycles. The zero-order chi connectivity index (χ0) is 56.0. The second-order valence-corrected chi connectivity index (χ2v) is 21.7. The highest BCUT2D eigenvalue weighted by molar-refractivity contribution is 5.83. The Balaban J connectivity index is 0.721. The SMILES string of the molecule is CCCCCCCCCCOc1ccc(-c2coc3cc(OC(C)CCCCCOc4cccc(OCCCCCC(C)Oc5ccc6c(=O)c(-c7ccc(OCCCCCCCCCC)cc7)coc6c5)c4)ccc3c2=O)cc1. The first-order chi connectivity index (χ1) is 39.3. The van der Waals surface area contributed by atoms with E-state index < -0.39 is 0 Å². The molecule has 5 aromatic carbocycles. The van der Waals surface area contributed by atoms with E-state index in [0.29, 0.717) is 71.0 Å². The van der Waals surface area contributed by atoms with E-state index in [1.54, 1.807) is 24.7 Å². The van der Waals surface area contributed by atoms with Crippen molar-refractivity contribution in [3.8, 4) is 56.8 Å². The molecule has 80 heavy (non-hydrogen) atoms. The van der Waals surface area contributed by atoms with Crippen LogP contribution in [-0.4, -0.2) is 38.6 Å². The topological polar surface area (TPSA) is 116 Å². The van der Waals surface area contributed by atoms with E-state index in [1.165, 1.54) is 89.9 Å². The van der Waals surface area contributed by atoms with Crippen molar-refractivity contribution in [2.24, 2.45) is 0 Å². The van der Waals surface area contributed by atoms with Gasteiger partial charge in [-0.3, -0.25) is 9.59 Å². The predicted octanol–water partition coefficient (Wildman–Crippen LogP) is 19.1. The van der Waals surface area contributed by atoms with Crippen molar-refractivity contribution >= 4 is 21.9 Å². The summed E-state index contributed by atoms with van der Waals surface area (Å²) in [5.41, 5.74) is 3.54. The van der Waals surface area contributed by atoms with Crippen molar-refractivity contribution in [1.29, 1.82) is 0 Å². The monoisotopic (exact) mass is 1090 g/mol. The van der Waals surface area contributed by atoms with Gasteiger partial charge >= 0.3 is 0 Å². The van der Waals surface area contributed by atoms with Gasteiger partial charge in [0.25, 0.3) is 0 Å². The van der Waals surface area contributed by atoms with Gasteiger partial charge in [-0.25, -0.2) is 0 Å². The third-order valence-corrected chi connectivity index (χ3v) is 14.9. The Morgan fingerprint density at radius 3 is 1.09 bits per heavy atom. The summed E-state index contributed by atoms with van der Waals surface area (Å²) in [7, 11) is 0. The Labute approximate surface area is 476 Å². The minimum atomic E-state index is -0.0680. The molecule has 0 saturated carbocycles. The highest BCUT2D eigenvalue weighted by atomic mass is 16.5. The molecule has 7 rings (SSSR count). The maximum Gasteiger partial charge on any atom is 0.200 e. The van der Waals surface area contributed by atoms with Gasteiger partial charge in [-0.1, -0.05) is 134 Å². The number of fused-ring (bicyclic) bond motifs is 2. The van der Waals surface area contributed by atoms with Gasteiger partial charge in [0, 0.05) is 18.2 Å². The van der Waals surface area contributed by atoms with Gasteiger partial charge in [0.1, 0.15) is 58.2 Å². The fourth-order valence-electron chi connectivity index (χ4n) is 10.1. The van der Waals surface area contributed by atoms with Crippen LogP contribution in [0, 0.1) is 0 Å². The molecule has 0 aliphatic rings. The Morgan fingerprint density at radius 1 is 0.362 bits per heavy atom. The normalized spacial score (nSPS) is 12.2. The number of unbranched alkanes of at least 4 members (excludes halogenated alkanes) is 18. The largest absolute Gasteiger partial charge is 0.494 e. The first-order valence-corrected chi connectivity index (χ1v) is 30.5. The molecule has 0 bridgehead atoms. The fourth-order valence-corrected chi connectivity index (χ4v) is 10.1. The summed E-state index contributed by atoms with van der Waals surface area (Å²) in [5.74, 6) is 4.61. The minimum Gasteiger partial charge on any atom is -0.494 e. The van der Waals surface area contributed by atoms with E-state index in [4.69, 9.17) is 37.3 Å². The smallest absolute Gasteiger partial charge is 0.200 e. The highest BCUT2D eigenvalue weighted by Crippen LogP contribution is 2.29. The highest BCUT2D eigenvalue weighted by Gasteiger charge is 2.15. The second-order valence-electron chi connectivity index (χ2n) is 21.7. The van der Waals surface area contributed by atoms with Crippen LogP contribution in [0.5, 0.6) is 34.5 Å². The number of ether oxygens (including phenoxy) is 6. The van der Waals surface area contributed by atoms with Crippen molar-refractivity contribution in [3.63, 3.8) is 0 Å². The van der Waals surface area contributed by atoms with E-state index in [9.17, 15) is 9.59 Å². The molecule has 0 spiro atoms. The molecule has 10 nitrogen and oxygen atoms in total. The summed E-state index contributed by atoms with van der Waals surface area (Å²) in [6.07, 6.45) is 31.1.